The molecule has 2 aromatic heterocycles. The Morgan fingerprint density at radius 3 is 2.90 bits per heavy atom. The molecule has 3 rings (SSSR count). The van der Waals surface area contributed by atoms with Gasteiger partial charge in [0.1, 0.15) is 10.4 Å². The Bertz CT molecular complexity index is 719. The van der Waals surface area contributed by atoms with E-state index in [4.69, 9.17) is 17.3 Å². The molecule has 0 saturated heterocycles. The van der Waals surface area contributed by atoms with E-state index in [-0.39, 0.29) is 5.95 Å². The molecular weight excluding hydrogens is 354 g/mol. The average molecular weight is 369 g/mol. The highest BCUT2D eigenvalue weighted by Crippen LogP contribution is 2.33. The molecular formula is C14H15BrClN5. The zero-order chi connectivity index (χ0) is 15.1. The number of aromatic nitrogens is 3. The van der Waals surface area contributed by atoms with Crippen LogP contribution in [-0.2, 0) is 13.0 Å². The molecule has 0 bridgehead atoms. The fraction of sp³-hybridized carbons (Fsp3) is 0.357. The van der Waals surface area contributed by atoms with Crippen LogP contribution in [0.4, 0.5) is 11.8 Å². The van der Waals surface area contributed by atoms with E-state index in [0.29, 0.717) is 6.54 Å². The first-order chi connectivity index (χ1) is 9.97. The summed E-state index contributed by atoms with van der Waals surface area (Å²) in [6.45, 7) is 5.50. The lowest BCUT2D eigenvalue weighted by molar-refractivity contribution is 0.798. The molecule has 0 radical (unpaired) electrons. The van der Waals surface area contributed by atoms with Crippen LogP contribution in [0.5, 0.6) is 0 Å². The van der Waals surface area contributed by atoms with Gasteiger partial charge >= 0.3 is 0 Å². The summed E-state index contributed by atoms with van der Waals surface area (Å²) < 4.78 is 0.777. The van der Waals surface area contributed by atoms with Crippen LogP contribution in [0.15, 0.2) is 10.8 Å². The van der Waals surface area contributed by atoms with Gasteiger partial charge in [0.2, 0.25) is 5.95 Å². The maximum Gasteiger partial charge on any atom is 0.223 e. The number of halogens is 2. The first kappa shape index (κ1) is 14.5. The maximum atomic E-state index is 6.31. The van der Waals surface area contributed by atoms with E-state index in [0.717, 1.165) is 50.8 Å². The number of hydrogen-bond donors (Lipinski definition) is 1. The van der Waals surface area contributed by atoms with Gasteiger partial charge in [-0.15, -0.1) is 0 Å². The lowest BCUT2D eigenvalue weighted by Gasteiger charge is -2.19. The van der Waals surface area contributed by atoms with Gasteiger partial charge in [-0.3, -0.25) is 4.98 Å². The summed E-state index contributed by atoms with van der Waals surface area (Å²) in [5, 5.41) is 0.780. The molecule has 110 valence electrons. The average Bonchev–Trinajstić information content (AvgIpc) is 2.83. The summed E-state index contributed by atoms with van der Waals surface area (Å²) in [6.07, 6.45) is 2.71. The van der Waals surface area contributed by atoms with E-state index >= 15 is 0 Å². The number of fused-ring (bicyclic) bond motifs is 1. The van der Waals surface area contributed by atoms with E-state index in [9.17, 15) is 0 Å². The highest BCUT2D eigenvalue weighted by molar-refractivity contribution is 9.10. The van der Waals surface area contributed by atoms with Crippen LogP contribution in [0, 0.1) is 13.8 Å². The van der Waals surface area contributed by atoms with Gasteiger partial charge in [0.05, 0.1) is 12.2 Å². The topological polar surface area (TPSA) is 67.9 Å². The minimum atomic E-state index is 0.277. The van der Waals surface area contributed by atoms with E-state index in [1.807, 2.05) is 20.0 Å². The molecule has 0 fully saturated rings. The molecule has 3 heterocycles. The van der Waals surface area contributed by atoms with E-state index in [1.165, 1.54) is 0 Å². The van der Waals surface area contributed by atoms with Crippen molar-refractivity contribution in [2.45, 2.75) is 26.8 Å². The summed E-state index contributed by atoms with van der Waals surface area (Å²) in [4.78, 5) is 15.2. The van der Waals surface area contributed by atoms with Crippen LogP contribution in [-0.4, -0.2) is 21.5 Å². The summed E-state index contributed by atoms with van der Waals surface area (Å²) in [6, 6.07) is 0. The van der Waals surface area contributed by atoms with Gasteiger partial charge in [-0.2, -0.15) is 4.98 Å². The zero-order valence-electron chi connectivity index (χ0n) is 11.8. The Morgan fingerprint density at radius 1 is 1.38 bits per heavy atom. The second-order valence-electron chi connectivity index (χ2n) is 5.17. The van der Waals surface area contributed by atoms with Gasteiger partial charge in [-0.1, -0.05) is 11.6 Å². The van der Waals surface area contributed by atoms with E-state index in [1.54, 1.807) is 0 Å². The molecule has 0 saturated carbocycles. The molecule has 0 unspecified atom stereocenters. The highest BCUT2D eigenvalue weighted by atomic mass is 79.9. The van der Waals surface area contributed by atoms with Crippen molar-refractivity contribution in [1.29, 1.82) is 0 Å². The Balaban J connectivity index is 1.94. The Morgan fingerprint density at radius 2 is 2.14 bits per heavy atom. The molecule has 1 aliphatic heterocycles. The SMILES string of the molecule is Cc1cnc(CN2CCc3c(Br)nc(N)nc32)c(C)c1Cl. The van der Waals surface area contributed by atoms with Gasteiger partial charge in [0.15, 0.2) is 0 Å². The van der Waals surface area contributed by atoms with Crippen molar-refractivity contribution in [2.24, 2.45) is 0 Å². The second-order valence-corrected chi connectivity index (χ2v) is 6.30. The summed E-state index contributed by atoms with van der Waals surface area (Å²) in [7, 11) is 0. The minimum Gasteiger partial charge on any atom is -0.368 e. The fourth-order valence-corrected chi connectivity index (χ4v) is 3.25. The molecule has 21 heavy (non-hydrogen) atoms. The molecule has 1 aliphatic rings. The van der Waals surface area contributed by atoms with Gasteiger partial charge < -0.3 is 10.6 Å². The van der Waals surface area contributed by atoms with Crippen molar-refractivity contribution < 1.29 is 0 Å². The van der Waals surface area contributed by atoms with Crippen molar-refractivity contribution in [3.8, 4) is 0 Å². The monoisotopic (exact) mass is 367 g/mol. The normalized spacial score (nSPS) is 13.6. The van der Waals surface area contributed by atoms with Crippen LogP contribution in [0.25, 0.3) is 0 Å². The first-order valence-electron chi connectivity index (χ1n) is 6.64. The molecule has 2 N–H and O–H groups in total. The lowest BCUT2D eigenvalue weighted by Crippen LogP contribution is -2.22. The number of nitrogen functional groups attached to an aromatic ring is 1. The highest BCUT2D eigenvalue weighted by Gasteiger charge is 2.25. The molecule has 0 spiro atoms. The van der Waals surface area contributed by atoms with E-state index < -0.39 is 0 Å². The smallest absolute Gasteiger partial charge is 0.223 e. The van der Waals surface area contributed by atoms with Crippen LogP contribution < -0.4 is 10.6 Å². The predicted octanol–water partition coefficient (Wildman–Crippen LogP) is 3.05. The van der Waals surface area contributed by atoms with Gasteiger partial charge in [-0.05, 0) is 47.3 Å². The lowest BCUT2D eigenvalue weighted by atomic mass is 10.1. The third-order valence-electron chi connectivity index (χ3n) is 3.75. The van der Waals surface area contributed by atoms with Crippen LogP contribution in [0.1, 0.15) is 22.4 Å². The Hall–Kier alpha value is -1.40. The number of nitrogens with zero attached hydrogens (tertiary/aromatic N) is 4. The summed E-state index contributed by atoms with van der Waals surface area (Å²) in [5.41, 5.74) is 9.82. The molecule has 0 amide bonds. The summed E-state index contributed by atoms with van der Waals surface area (Å²) in [5.74, 6) is 1.16. The molecule has 2 aromatic rings. The summed E-state index contributed by atoms with van der Waals surface area (Å²) >= 11 is 9.76. The van der Waals surface area contributed by atoms with Crippen LogP contribution in [0.3, 0.4) is 0 Å². The van der Waals surface area contributed by atoms with Gasteiger partial charge in [0.25, 0.3) is 0 Å². The van der Waals surface area contributed by atoms with Crippen molar-refractivity contribution in [3.05, 3.63) is 38.2 Å². The van der Waals surface area contributed by atoms with Crippen molar-refractivity contribution >= 4 is 39.3 Å². The number of anilines is 2. The van der Waals surface area contributed by atoms with Crippen molar-refractivity contribution in [2.75, 3.05) is 17.2 Å². The third-order valence-corrected chi connectivity index (χ3v) is 4.98. The molecule has 0 aliphatic carbocycles. The maximum absolute atomic E-state index is 6.31. The van der Waals surface area contributed by atoms with Gasteiger partial charge in [-0.25, -0.2) is 4.98 Å². The largest absolute Gasteiger partial charge is 0.368 e. The van der Waals surface area contributed by atoms with Crippen molar-refractivity contribution in [3.63, 3.8) is 0 Å². The quantitative estimate of drug-likeness (QED) is 0.825. The standard InChI is InChI=1S/C14H15BrClN5/c1-7-5-18-10(8(2)11(7)16)6-21-4-3-9-12(15)19-14(17)20-13(9)21/h5H,3-4,6H2,1-2H3,(H2,17,19,20). The second kappa shape index (κ2) is 5.42. The molecule has 0 aromatic carbocycles. The fourth-order valence-electron chi connectivity index (χ4n) is 2.54. The molecule has 7 heteroatoms. The number of nitrogens with two attached hydrogens (primary N) is 1. The number of pyridine rings is 1. The van der Waals surface area contributed by atoms with Crippen molar-refractivity contribution in [1.82, 2.24) is 15.0 Å². The van der Waals surface area contributed by atoms with Gasteiger partial charge in [0, 0.05) is 23.3 Å². The number of rotatable bonds is 2. The zero-order valence-corrected chi connectivity index (χ0v) is 14.2. The van der Waals surface area contributed by atoms with Crippen LogP contribution in [0.2, 0.25) is 5.02 Å². The predicted molar refractivity (Wildman–Crippen MR) is 87.6 cm³/mol. The Kier molecular flexibility index (Phi) is 3.75. The minimum absolute atomic E-state index is 0.277. The number of hydrogen-bond acceptors (Lipinski definition) is 5. The molecule has 0 atom stereocenters. The first-order valence-corrected chi connectivity index (χ1v) is 7.82. The van der Waals surface area contributed by atoms with E-state index in [2.05, 4.69) is 35.8 Å². The number of aryl methyl sites for hydroxylation is 1. The van der Waals surface area contributed by atoms with Crippen LogP contribution >= 0.6 is 27.5 Å². The molecule has 5 nitrogen and oxygen atoms in total. The Labute approximate surface area is 136 Å². The third kappa shape index (κ3) is 2.58.